The predicted octanol–water partition coefficient (Wildman–Crippen LogP) is 3.53. The van der Waals surface area contributed by atoms with E-state index >= 15 is 0 Å². The fraction of sp³-hybridized carbons (Fsp3) is 0.435. The van der Waals surface area contributed by atoms with Crippen molar-refractivity contribution in [3.8, 4) is 11.3 Å². The SMILES string of the molecule is CNc1nccn2c(-c3cccc(NC(=O)N4CCC[C@H]4CN4CCCC4)c3)cnc12. The topological polar surface area (TPSA) is 77.8 Å². The highest BCUT2D eigenvalue weighted by Crippen LogP contribution is 2.26. The maximum absolute atomic E-state index is 13.1. The molecule has 8 nitrogen and oxygen atoms in total. The number of hydrogen-bond donors (Lipinski definition) is 2. The molecule has 2 fully saturated rings. The third-order valence-electron chi connectivity index (χ3n) is 6.38. The zero-order valence-corrected chi connectivity index (χ0v) is 17.9. The van der Waals surface area contributed by atoms with E-state index in [0.29, 0.717) is 6.04 Å². The van der Waals surface area contributed by atoms with E-state index < -0.39 is 0 Å². The summed E-state index contributed by atoms with van der Waals surface area (Å²) in [5.41, 5.74) is 3.52. The van der Waals surface area contributed by atoms with Gasteiger partial charge in [0.15, 0.2) is 11.5 Å². The Labute approximate surface area is 182 Å². The number of aromatic nitrogens is 3. The second kappa shape index (κ2) is 8.55. The predicted molar refractivity (Wildman–Crippen MR) is 122 cm³/mol. The highest BCUT2D eigenvalue weighted by atomic mass is 16.2. The molecule has 2 saturated heterocycles. The molecule has 0 aliphatic carbocycles. The number of benzene rings is 1. The Hall–Kier alpha value is -3.13. The van der Waals surface area contributed by atoms with Crippen molar-refractivity contribution >= 4 is 23.2 Å². The first kappa shape index (κ1) is 19.8. The van der Waals surface area contributed by atoms with Gasteiger partial charge < -0.3 is 20.4 Å². The number of nitrogens with one attached hydrogen (secondary N) is 2. The van der Waals surface area contributed by atoms with E-state index in [1.807, 2.05) is 53.0 Å². The van der Waals surface area contributed by atoms with Crippen LogP contribution in [-0.2, 0) is 0 Å². The lowest BCUT2D eigenvalue weighted by molar-refractivity contribution is 0.186. The van der Waals surface area contributed by atoms with E-state index in [1.165, 1.54) is 12.8 Å². The van der Waals surface area contributed by atoms with E-state index in [2.05, 4.69) is 25.5 Å². The Kier molecular flexibility index (Phi) is 5.46. The molecule has 1 atom stereocenters. The van der Waals surface area contributed by atoms with E-state index in [9.17, 15) is 4.79 Å². The van der Waals surface area contributed by atoms with Crippen LogP contribution >= 0.6 is 0 Å². The maximum Gasteiger partial charge on any atom is 0.322 e. The Morgan fingerprint density at radius 2 is 2.03 bits per heavy atom. The number of likely N-dealkylation sites (tertiary alicyclic amines) is 2. The van der Waals surface area contributed by atoms with Gasteiger partial charge in [-0.1, -0.05) is 12.1 Å². The summed E-state index contributed by atoms with van der Waals surface area (Å²) in [5, 5.41) is 6.20. The highest BCUT2D eigenvalue weighted by Gasteiger charge is 2.30. The molecular weight excluding hydrogens is 390 g/mol. The zero-order chi connectivity index (χ0) is 21.2. The number of fused-ring (bicyclic) bond motifs is 1. The van der Waals surface area contributed by atoms with Crippen molar-refractivity contribution in [1.82, 2.24) is 24.2 Å². The number of carbonyl (C=O) groups is 1. The first-order chi connectivity index (χ1) is 15.2. The number of anilines is 2. The van der Waals surface area contributed by atoms with Crippen LogP contribution in [0.5, 0.6) is 0 Å². The summed E-state index contributed by atoms with van der Waals surface area (Å²) in [4.78, 5) is 26.4. The van der Waals surface area contributed by atoms with Gasteiger partial charge in [0.05, 0.1) is 11.9 Å². The second-order valence-corrected chi connectivity index (χ2v) is 8.37. The Morgan fingerprint density at radius 1 is 1.16 bits per heavy atom. The van der Waals surface area contributed by atoms with Crippen molar-refractivity contribution in [3.05, 3.63) is 42.9 Å². The fourth-order valence-corrected chi connectivity index (χ4v) is 4.82. The molecule has 0 spiro atoms. The number of rotatable bonds is 5. The summed E-state index contributed by atoms with van der Waals surface area (Å²) in [6.45, 7) is 4.16. The van der Waals surface area contributed by atoms with Gasteiger partial charge in [-0.05, 0) is 50.9 Å². The number of imidazole rings is 1. The number of nitrogens with zero attached hydrogens (tertiary/aromatic N) is 5. The summed E-state index contributed by atoms with van der Waals surface area (Å²) in [7, 11) is 1.84. The summed E-state index contributed by atoms with van der Waals surface area (Å²) in [6, 6.07) is 8.26. The third kappa shape index (κ3) is 3.95. The van der Waals surface area contributed by atoms with E-state index in [0.717, 1.165) is 67.4 Å². The van der Waals surface area contributed by atoms with Crippen molar-refractivity contribution in [3.63, 3.8) is 0 Å². The average molecular weight is 420 g/mol. The molecule has 0 bridgehead atoms. The van der Waals surface area contributed by atoms with Crippen molar-refractivity contribution in [2.45, 2.75) is 31.7 Å². The lowest BCUT2D eigenvalue weighted by atomic mass is 10.1. The highest BCUT2D eigenvalue weighted by molar-refractivity contribution is 5.90. The summed E-state index contributed by atoms with van der Waals surface area (Å²) >= 11 is 0. The van der Waals surface area contributed by atoms with Crippen molar-refractivity contribution in [2.24, 2.45) is 0 Å². The minimum absolute atomic E-state index is 0.00124. The van der Waals surface area contributed by atoms with Crippen LogP contribution in [0.3, 0.4) is 0 Å². The molecule has 1 aromatic carbocycles. The minimum atomic E-state index is -0.00124. The number of carbonyl (C=O) groups excluding carboxylic acids is 1. The molecule has 4 heterocycles. The molecule has 2 N–H and O–H groups in total. The summed E-state index contributed by atoms with van der Waals surface area (Å²) < 4.78 is 2.01. The molecule has 31 heavy (non-hydrogen) atoms. The lowest BCUT2D eigenvalue weighted by Crippen LogP contribution is -2.44. The Bertz CT molecular complexity index is 1070. The van der Waals surface area contributed by atoms with Gasteiger partial charge in [0, 0.05) is 49.8 Å². The van der Waals surface area contributed by atoms with E-state index in [-0.39, 0.29) is 6.03 Å². The van der Waals surface area contributed by atoms with E-state index in [1.54, 1.807) is 6.20 Å². The van der Waals surface area contributed by atoms with Gasteiger partial charge in [-0.15, -0.1) is 0 Å². The Morgan fingerprint density at radius 3 is 2.87 bits per heavy atom. The van der Waals surface area contributed by atoms with E-state index in [4.69, 9.17) is 0 Å². The smallest absolute Gasteiger partial charge is 0.322 e. The molecule has 3 aromatic rings. The largest absolute Gasteiger partial charge is 0.370 e. The van der Waals surface area contributed by atoms with Crippen molar-refractivity contribution in [2.75, 3.05) is 43.9 Å². The number of amides is 2. The fourth-order valence-electron chi connectivity index (χ4n) is 4.82. The van der Waals surface area contributed by atoms with Gasteiger partial charge >= 0.3 is 6.03 Å². The molecule has 5 rings (SSSR count). The summed E-state index contributed by atoms with van der Waals surface area (Å²) in [5.74, 6) is 0.733. The van der Waals surface area contributed by atoms with Gasteiger partial charge in [-0.25, -0.2) is 14.8 Å². The normalized spacial score (nSPS) is 19.3. The average Bonchev–Trinajstić information content (AvgIpc) is 3.55. The van der Waals surface area contributed by atoms with Crippen LogP contribution in [0.1, 0.15) is 25.7 Å². The number of hydrogen-bond acceptors (Lipinski definition) is 5. The molecule has 162 valence electrons. The van der Waals surface area contributed by atoms with Crippen LogP contribution < -0.4 is 10.6 Å². The van der Waals surface area contributed by atoms with Crippen LogP contribution in [0.25, 0.3) is 16.9 Å². The molecule has 2 aliphatic heterocycles. The quantitative estimate of drug-likeness (QED) is 0.662. The van der Waals surface area contributed by atoms with Gasteiger partial charge in [-0.2, -0.15) is 0 Å². The first-order valence-electron chi connectivity index (χ1n) is 11.1. The van der Waals surface area contributed by atoms with Gasteiger partial charge in [0.2, 0.25) is 0 Å². The van der Waals surface area contributed by atoms with Crippen LogP contribution in [0.4, 0.5) is 16.3 Å². The molecule has 2 aliphatic rings. The molecule has 2 amide bonds. The molecule has 0 unspecified atom stereocenters. The van der Waals surface area contributed by atoms with Crippen LogP contribution in [-0.4, -0.2) is 69.5 Å². The third-order valence-corrected chi connectivity index (χ3v) is 6.38. The molecule has 8 heteroatoms. The number of urea groups is 1. The van der Waals surface area contributed by atoms with Gasteiger partial charge in [0.1, 0.15) is 0 Å². The first-order valence-corrected chi connectivity index (χ1v) is 11.1. The maximum atomic E-state index is 13.1. The van der Waals surface area contributed by atoms with Gasteiger partial charge in [0.25, 0.3) is 0 Å². The van der Waals surface area contributed by atoms with Crippen LogP contribution in [0.2, 0.25) is 0 Å². The zero-order valence-electron chi connectivity index (χ0n) is 17.9. The minimum Gasteiger partial charge on any atom is -0.370 e. The van der Waals surface area contributed by atoms with Crippen LogP contribution in [0.15, 0.2) is 42.9 Å². The molecule has 0 saturated carbocycles. The van der Waals surface area contributed by atoms with Crippen molar-refractivity contribution in [1.29, 1.82) is 0 Å². The second-order valence-electron chi connectivity index (χ2n) is 8.37. The lowest BCUT2D eigenvalue weighted by Gasteiger charge is -2.28. The molecule has 2 aromatic heterocycles. The Balaban J connectivity index is 1.33. The van der Waals surface area contributed by atoms with Crippen molar-refractivity contribution < 1.29 is 4.79 Å². The van der Waals surface area contributed by atoms with Gasteiger partial charge in [-0.3, -0.25) is 4.40 Å². The standard InChI is InChI=1S/C23H29N7O/c1-24-21-22-26-15-20(30(22)13-9-25-21)17-6-4-7-18(14-17)27-23(31)29-12-5-8-19(29)16-28-10-2-3-11-28/h4,6-7,9,13-15,19H,2-3,5,8,10-12,16H2,1H3,(H,24,25)(H,27,31)/t19-/m0/s1. The van der Waals surface area contributed by atoms with Crippen LogP contribution in [0, 0.1) is 0 Å². The monoisotopic (exact) mass is 419 g/mol. The molecular formula is C23H29N7O. The summed E-state index contributed by atoms with van der Waals surface area (Å²) in [6.07, 6.45) is 10.2. The molecule has 0 radical (unpaired) electrons.